The molecule has 1 heterocycles. The van der Waals surface area contributed by atoms with Crippen molar-refractivity contribution >= 4 is 24.3 Å². The van der Waals surface area contributed by atoms with E-state index in [0.29, 0.717) is 6.54 Å². The first-order valence-electron chi connectivity index (χ1n) is 5.97. The highest BCUT2D eigenvalue weighted by atomic mass is 35.5. The Morgan fingerprint density at radius 1 is 1.45 bits per heavy atom. The highest BCUT2D eigenvalue weighted by Crippen LogP contribution is 2.22. The van der Waals surface area contributed by atoms with Crippen LogP contribution in [0.5, 0.6) is 5.75 Å². The minimum absolute atomic E-state index is 0. The Kier molecular flexibility index (Phi) is 5.21. The highest BCUT2D eigenvalue weighted by Gasteiger charge is 2.40. The van der Waals surface area contributed by atoms with Gasteiger partial charge in [0.15, 0.2) is 6.10 Å². The van der Waals surface area contributed by atoms with Crippen molar-refractivity contribution in [2.45, 2.75) is 25.6 Å². The summed E-state index contributed by atoms with van der Waals surface area (Å²) in [6, 6.07) is 7.21. The molecule has 0 bridgehead atoms. The van der Waals surface area contributed by atoms with Crippen LogP contribution in [0.25, 0.3) is 0 Å². The van der Waals surface area contributed by atoms with Crippen LogP contribution in [0.1, 0.15) is 12.5 Å². The molecular formula is C13H18ClN3O3. The number of hydrogen-bond acceptors (Lipinski definition) is 4. The van der Waals surface area contributed by atoms with Crippen LogP contribution in [0.3, 0.4) is 0 Å². The number of ether oxygens (including phenoxy) is 2. The van der Waals surface area contributed by atoms with E-state index >= 15 is 0 Å². The van der Waals surface area contributed by atoms with Crippen LogP contribution >= 0.6 is 12.4 Å². The van der Waals surface area contributed by atoms with Gasteiger partial charge >= 0.3 is 6.09 Å². The van der Waals surface area contributed by atoms with E-state index in [0.717, 1.165) is 11.3 Å². The normalized spacial score (nSPS) is 21.1. The quantitative estimate of drug-likeness (QED) is 0.655. The van der Waals surface area contributed by atoms with Crippen molar-refractivity contribution in [3.05, 3.63) is 29.8 Å². The number of amides is 1. The zero-order valence-electron chi connectivity index (χ0n) is 11.3. The lowest BCUT2D eigenvalue weighted by Crippen LogP contribution is -2.39. The molecule has 110 valence electrons. The van der Waals surface area contributed by atoms with Gasteiger partial charge in [0.05, 0.1) is 13.2 Å². The fourth-order valence-corrected chi connectivity index (χ4v) is 2.06. The number of cyclic esters (lactones) is 1. The number of hydrogen-bond donors (Lipinski definition) is 2. The molecule has 0 spiro atoms. The molecule has 6 nitrogen and oxygen atoms in total. The Balaban J connectivity index is 0.00000200. The molecule has 0 saturated carbocycles. The summed E-state index contributed by atoms with van der Waals surface area (Å²) in [6.45, 7) is 2.24. The van der Waals surface area contributed by atoms with E-state index in [4.69, 9.17) is 20.6 Å². The van der Waals surface area contributed by atoms with Gasteiger partial charge in [0.1, 0.15) is 11.6 Å². The van der Waals surface area contributed by atoms with Crippen molar-refractivity contribution in [2.75, 3.05) is 7.11 Å². The average molecular weight is 300 g/mol. The molecule has 2 rings (SSSR count). The SMILES string of the molecule is COc1ccc(CN2C(=O)O[C@H](C(=N)N)[C@@H]2C)cc1.Cl. The molecule has 3 N–H and O–H groups in total. The van der Waals surface area contributed by atoms with Crippen molar-refractivity contribution in [3.63, 3.8) is 0 Å². The van der Waals surface area contributed by atoms with Gasteiger partial charge in [0, 0.05) is 6.54 Å². The van der Waals surface area contributed by atoms with Crippen LogP contribution in [0, 0.1) is 5.41 Å². The molecule has 1 aliphatic heterocycles. The van der Waals surface area contributed by atoms with Crippen molar-refractivity contribution < 1.29 is 14.3 Å². The summed E-state index contributed by atoms with van der Waals surface area (Å²) in [5, 5.41) is 7.39. The molecule has 1 aliphatic rings. The summed E-state index contributed by atoms with van der Waals surface area (Å²) in [5.74, 6) is 0.639. The first-order valence-corrected chi connectivity index (χ1v) is 5.97. The lowest BCUT2D eigenvalue weighted by Gasteiger charge is -2.20. The number of carbonyl (C=O) groups is 1. The van der Waals surface area contributed by atoms with Gasteiger partial charge in [0.2, 0.25) is 0 Å². The first kappa shape index (κ1) is 16.1. The van der Waals surface area contributed by atoms with Gasteiger partial charge in [-0.05, 0) is 24.6 Å². The second-order valence-electron chi connectivity index (χ2n) is 4.48. The predicted molar refractivity (Wildman–Crippen MR) is 77.4 cm³/mol. The van der Waals surface area contributed by atoms with Crippen LogP contribution in [-0.2, 0) is 11.3 Å². The fraction of sp³-hybridized carbons (Fsp3) is 0.385. The van der Waals surface area contributed by atoms with Crippen LogP contribution in [0.2, 0.25) is 0 Å². The van der Waals surface area contributed by atoms with E-state index in [1.807, 2.05) is 31.2 Å². The maximum atomic E-state index is 11.8. The standard InChI is InChI=1S/C13H17N3O3.ClH/c1-8-11(12(14)15)19-13(17)16(8)7-9-3-5-10(18-2)6-4-9;/h3-6,8,11H,7H2,1-2H3,(H3,14,15);1H/t8-,11-;/m0./s1. The highest BCUT2D eigenvalue weighted by molar-refractivity contribution is 5.87. The van der Waals surface area contributed by atoms with E-state index in [-0.39, 0.29) is 24.3 Å². The minimum Gasteiger partial charge on any atom is -0.497 e. The number of rotatable bonds is 4. The Bertz CT molecular complexity index is 492. The average Bonchev–Trinajstić information content (AvgIpc) is 2.68. The summed E-state index contributed by atoms with van der Waals surface area (Å²) in [7, 11) is 1.60. The van der Waals surface area contributed by atoms with Crippen LogP contribution in [-0.4, -0.2) is 36.1 Å². The van der Waals surface area contributed by atoms with Gasteiger partial charge in [0.25, 0.3) is 0 Å². The number of halogens is 1. The van der Waals surface area contributed by atoms with Crippen LogP contribution < -0.4 is 10.5 Å². The Labute approximate surface area is 123 Å². The van der Waals surface area contributed by atoms with Crippen molar-refractivity contribution in [2.24, 2.45) is 5.73 Å². The fourth-order valence-electron chi connectivity index (χ4n) is 2.06. The molecule has 0 aromatic heterocycles. The predicted octanol–water partition coefficient (Wildman–Crippen LogP) is 1.76. The molecule has 0 unspecified atom stereocenters. The molecule has 1 amide bonds. The third kappa shape index (κ3) is 3.14. The molecule has 0 aliphatic carbocycles. The summed E-state index contributed by atoms with van der Waals surface area (Å²) in [4.78, 5) is 13.3. The zero-order valence-corrected chi connectivity index (χ0v) is 12.1. The number of nitrogens with one attached hydrogen (secondary N) is 1. The first-order chi connectivity index (χ1) is 9.02. The third-order valence-electron chi connectivity index (χ3n) is 3.21. The molecule has 2 atom stereocenters. The lowest BCUT2D eigenvalue weighted by molar-refractivity contribution is 0.148. The summed E-state index contributed by atoms with van der Waals surface area (Å²) in [5.41, 5.74) is 6.37. The third-order valence-corrected chi connectivity index (χ3v) is 3.21. The second-order valence-corrected chi connectivity index (χ2v) is 4.48. The van der Waals surface area contributed by atoms with E-state index in [1.165, 1.54) is 0 Å². The maximum Gasteiger partial charge on any atom is 0.411 e. The van der Waals surface area contributed by atoms with Gasteiger partial charge in [-0.25, -0.2) is 4.79 Å². The van der Waals surface area contributed by atoms with Gasteiger partial charge in [-0.1, -0.05) is 12.1 Å². The lowest BCUT2D eigenvalue weighted by atomic mass is 10.1. The number of benzene rings is 1. The molecule has 1 saturated heterocycles. The Hall–Kier alpha value is -1.95. The largest absolute Gasteiger partial charge is 0.497 e. The summed E-state index contributed by atoms with van der Waals surface area (Å²) < 4.78 is 10.2. The number of methoxy groups -OCH3 is 1. The second kappa shape index (κ2) is 6.47. The minimum atomic E-state index is -0.661. The van der Waals surface area contributed by atoms with E-state index in [9.17, 15) is 4.79 Å². The van der Waals surface area contributed by atoms with Gasteiger partial charge in [-0.15, -0.1) is 12.4 Å². The van der Waals surface area contributed by atoms with Gasteiger partial charge in [-0.3, -0.25) is 10.3 Å². The number of carbonyl (C=O) groups excluding carboxylic acids is 1. The number of nitrogens with two attached hydrogens (primary N) is 1. The summed E-state index contributed by atoms with van der Waals surface area (Å²) >= 11 is 0. The molecule has 1 aromatic rings. The van der Waals surface area contributed by atoms with E-state index < -0.39 is 12.2 Å². The maximum absolute atomic E-state index is 11.8. The number of amidine groups is 1. The molecular weight excluding hydrogens is 282 g/mol. The van der Waals surface area contributed by atoms with E-state index in [2.05, 4.69) is 0 Å². The Morgan fingerprint density at radius 3 is 2.50 bits per heavy atom. The van der Waals surface area contributed by atoms with Gasteiger partial charge in [-0.2, -0.15) is 0 Å². The molecule has 1 fully saturated rings. The smallest absolute Gasteiger partial charge is 0.411 e. The van der Waals surface area contributed by atoms with Gasteiger partial charge < -0.3 is 15.2 Å². The zero-order chi connectivity index (χ0) is 14.0. The molecule has 7 heteroatoms. The molecule has 0 radical (unpaired) electrons. The molecule has 1 aromatic carbocycles. The Morgan fingerprint density at radius 2 is 2.05 bits per heavy atom. The number of nitrogens with zero attached hydrogens (tertiary/aromatic N) is 1. The topological polar surface area (TPSA) is 88.6 Å². The monoisotopic (exact) mass is 299 g/mol. The van der Waals surface area contributed by atoms with Crippen molar-refractivity contribution in [1.82, 2.24) is 4.90 Å². The molecule has 20 heavy (non-hydrogen) atoms. The van der Waals surface area contributed by atoms with Crippen molar-refractivity contribution in [3.8, 4) is 5.75 Å². The van der Waals surface area contributed by atoms with E-state index in [1.54, 1.807) is 12.0 Å². The van der Waals surface area contributed by atoms with Crippen molar-refractivity contribution in [1.29, 1.82) is 5.41 Å². The van der Waals surface area contributed by atoms with Crippen LogP contribution in [0.4, 0.5) is 4.79 Å². The summed E-state index contributed by atoms with van der Waals surface area (Å²) in [6.07, 6.45) is -1.10. The van der Waals surface area contributed by atoms with Crippen LogP contribution in [0.15, 0.2) is 24.3 Å².